The lowest BCUT2D eigenvalue weighted by molar-refractivity contribution is -0.384. The molecule has 0 fully saturated rings. The lowest BCUT2D eigenvalue weighted by Gasteiger charge is -2.05. The van der Waals surface area contributed by atoms with Crippen molar-refractivity contribution >= 4 is 11.9 Å². The van der Waals surface area contributed by atoms with Crippen molar-refractivity contribution in [1.82, 2.24) is 0 Å². The summed E-state index contributed by atoms with van der Waals surface area (Å²) >= 11 is 0. The second-order valence-corrected chi connectivity index (χ2v) is 4.40. The van der Waals surface area contributed by atoms with Crippen LogP contribution in [0.15, 0.2) is 53.7 Å². The molecule has 0 aromatic heterocycles. The summed E-state index contributed by atoms with van der Waals surface area (Å²) in [4.78, 5) is 15.3. The van der Waals surface area contributed by atoms with Crippen molar-refractivity contribution in [3.05, 3.63) is 69.8 Å². The lowest BCUT2D eigenvalue weighted by Crippen LogP contribution is -1.96. The van der Waals surface area contributed by atoms with E-state index in [4.69, 9.17) is 9.57 Å². The number of para-hydroxylation sites is 1. The Kier molecular flexibility index (Phi) is 5.48. The molecule has 6 heteroatoms. The second kappa shape index (κ2) is 7.78. The maximum atomic E-state index is 10.6. The molecule has 114 valence electrons. The van der Waals surface area contributed by atoms with Gasteiger partial charge in [0.1, 0.15) is 12.4 Å². The molecule has 2 rings (SSSR count). The van der Waals surface area contributed by atoms with Crippen LogP contribution < -0.4 is 4.74 Å². The summed E-state index contributed by atoms with van der Waals surface area (Å²) in [6, 6.07) is 13.7. The van der Waals surface area contributed by atoms with E-state index in [0.29, 0.717) is 6.61 Å². The van der Waals surface area contributed by atoms with E-state index in [1.165, 1.54) is 12.1 Å². The molecule has 2 aromatic rings. The van der Waals surface area contributed by atoms with Crippen LogP contribution in [0.2, 0.25) is 0 Å². The van der Waals surface area contributed by atoms with Crippen LogP contribution in [0, 0.1) is 10.1 Å². The molecule has 0 aliphatic rings. The predicted octanol–water partition coefficient (Wildman–Crippen LogP) is 3.54. The zero-order chi connectivity index (χ0) is 15.8. The molecule has 2 aromatic carbocycles. The SMILES string of the molecule is CCOc1ccccc1/C=N/OCc1ccc([N+](=O)[O-])cc1. The number of non-ortho nitro benzene ring substituents is 1. The van der Waals surface area contributed by atoms with E-state index < -0.39 is 4.92 Å². The molecule has 0 heterocycles. The Morgan fingerprint density at radius 1 is 1.18 bits per heavy atom. The number of nitrogens with zero attached hydrogens (tertiary/aromatic N) is 2. The summed E-state index contributed by atoms with van der Waals surface area (Å²) in [6.45, 7) is 2.73. The zero-order valence-electron chi connectivity index (χ0n) is 12.1. The fraction of sp³-hybridized carbons (Fsp3) is 0.188. The molecule has 0 amide bonds. The van der Waals surface area contributed by atoms with E-state index in [2.05, 4.69) is 5.16 Å². The maximum Gasteiger partial charge on any atom is 0.269 e. The van der Waals surface area contributed by atoms with Gasteiger partial charge in [0.2, 0.25) is 0 Å². The highest BCUT2D eigenvalue weighted by atomic mass is 16.6. The number of ether oxygens (including phenoxy) is 1. The van der Waals surface area contributed by atoms with Gasteiger partial charge in [0.05, 0.1) is 17.7 Å². The van der Waals surface area contributed by atoms with Crippen molar-refractivity contribution in [3.63, 3.8) is 0 Å². The number of nitro groups is 1. The summed E-state index contributed by atoms with van der Waals surface area (Å²) < 4.78 is 5.48. The standard InChI is InChI=1S/C16H16N2O4/c1-2-21-16-6-4-3-5-14(16)11-17-22-12-13-7-9-15(10-8-13)18(19)20/h3-11H,2,12H2,1H3/b17-11+. The largest absolute Gasteiger partial charge is 0.493 e. The average molecular weight is 300 g/mol. The normalized spacial score (nSPS) is 10.6. The van der Waals surface area contributed by atoms with Gasteiger partial charge in [0.25, 0.3) is 5.69 Å². The Balaban J connectivity index is 1.91. The molecule has 0 radical (unpaired) electrons. The fourth-order valence-electron chi connectivity index (χ4n) is 1.79. The molecule has 22 heavy (non-hydrogen) atoms. The molecule has 0 bridgehead atoms. The van der Waals surface area contributed by atoms with Crippen LogP contribution >= 0.6 is 0 Å². The smallest absolute Gasteiger partial charge is 0.269 e. The topological polar surface area (TPSA) is 74.0 Å². The van der Waals surface area contributed by atoms with Gasteiger partial charge in [-0.1, -0.05) is 17.3 Å². The summed E-state index contributed by atoms with van der Waals surface area (Å²) in [5, 5.41) is 14.5. The summed E-state index contributed by atoms with van der Waals surface area (Å²) in [6.07, 6.45) is 1.58. The van der Waals surface area contributed by atoms with Crippen LogP contribution in [0.4, 0.5) is 5.69 Å². The third-order valence-electron chi connectivity index (χ3n) is 2.86. The quantitative estimate of drug-likeness (QED) is 0.445. The first-order chi connectivity index (χ1) is 10.7. The lowest BCUT2D eigenvalue weighted by atomic mass is 10.2. The van der Waals surface area contributed by atoms with E-state index in [-0.39, 0.29) is 12.3 Å². The van der Waals surface area contributed by atoms with Crippen LogP contribution in [0.3, 0.4) is 0 Å². The number of nitro benzene ring substituents is 1. The number of rotatable bonds is 7. The molecule has 0 aliphatic heterocycles. The molecule has 0 unspecified atom stereocenters. The Labute approximate surface area is 128 Å². The van der Waals surface area contributed by atoms with Crippen molar-refractivity contribution in [2.75, 3.05) is 6.61 Å². The average Bonchev–Trinajstić information content (AvgIpc) is 2.53. The highest BCUT2D eigenvalue weighted by molar-refractivity contribution is 5.83. The number of benzene rings is 2. The maximum absolute atomic E-state index is 10.6. The molecular weight excluding hydrogens is 284 g/mol. The first-order valence-electron chi connectivity index (χ1n) is 6.81. The fourth-order valence-corrected chi connectivity index (χ4v) is 1.79. The Hall–Kier alpha value is -2.89. The Bertz CT molecular complexity index is 653. The Morgan fingerprint density at radius 2 is 1.91 bits per heavy atom. The molecule has 0 spiro atoms. The predicted molar refractivity (Wildman–Crippen MR) is 83.1 cm³/mol. The minimum absolute atomic E-state index is 0.0536. The molecule has 6 nitrogen and oxygen atoms in total. The van der Waals surface area contributed by atoms with Gasteiger partial charge in [-0.05, 0) is 36.8 Å². The van der Waals surface area contributed by atoms with Crippen molar-refractivity contribution in [3.8, 4) is 5.75 Å². The van der Waals surface area contributed by atoms with Crippen LogP contribution in [0.1, 0.15) is 18.1 Å². The van der Waals surface area contributed by atoms with Gasteiger partial charge in [-0.3, -0.25) is 10.1 Å². The highest BCUT2D eigenvalue weighted by Gasteiger charge is 2.04. The van der Waals surface area contributed by atoms with Gasteiger partial charge in [0.15, 0.2) is 0 Å². The van der Waals surface area contributed by atoms with Gasteiger partial charge < -0.3 is 9.57 Å². The highest BCUT2D eigenvalue weighted by Crippen LogP contribution is 2.16. The van der Waals surface area contributed by atoms with Crippen LogP contribution in [-0.4, -0.2) is 17.7 Å². The van der Waals surface area contributed by atoms with Crippen LogP contribution in [0.25, 0.3) is 0 Å². The third-order valence-corrected chi connectivity index (χ3v) is 2.86. The van der Waals surface area contributed by atoms with Crippen LogP contribution in [0.5, 0.6) is 5.75 Å². The van der Waals surface area contributed by atoms with E-state index in [1.54, 1.807) is 18.3 Å². The molecule has 0 N–H and O–H groups in total. The van der Waals surface area contributed by atoms with E-state index in [1.807, 2.05) is 31.2 Å². The van der Waals surface area contributed by atoms with Crippen molar-refractivity contribution in [2.45, 2.75) is 13.5 Å². The molecule has 0 saturated carbocycles. The zero-order valence-corrected chi connectivity index (χ0v) is 12.1. The van der Waals surface area contributed by atoms with E-state index in [0.717, 1.165) is 16.9 Å². The monoisotopic (exact) mass is 300 g/mol. The summed E-state index contributed by atoms with van der Waals surface area (Å²) in [5.74, 6) is 0.743. The first-order valence-corrected chi connectivity index (χ1v) is 6.81. The summed E-state index contributed by atoms with van der Waals surface area (Å²) in [5.41, 5.74) is 1.69. The van der Waals surface area contributed by atoms with Gasteiger partial charge >= 0.3 is 0 Å². The Morgan fingerprint density at radius 3 is 2.59 bits per heavy atom. The molecular formula is C16H16N2O4. The molecule has 0 saturated heterocycles. The van der Waals surface area contributed by atoms with E-state index in [9.17, 15) is 10.1 Å². The number of hydrogen-bond donors (Lipinski definition) is 0. The van der Waals surface area contributed by atoms with Crippen molar-refractivity contribution in [1.29, 1.82) is 0 Å². The minimum atomic E-state index is -0.437. The van der Waals surface area contributed by atoms with E-state index >= 15 is 0 Å². The van der Waals surface area contributed by atoms with Gasteiger partial charge in [0, 0.05) is 17.7 Å². The molecule has 0 aliphatic carbocycles. The third kappa shape index (κ3) is 4.31. The van der Waals surface area contributed by atoms with Crippen LogP contribution in [-0.2, 0) is 11.4 Å². The number of oxime groups is 1. The van der Waals surface area contributed by atoms with Crippen molar-refractivity contribution < 1.29 is 14.5 Å². The van der Waals surface area contributed by atoms with Gasteiger partial charge in [-0.25, -0.2) is 0 Å². The van der Waals surface area contributed by atoms with Gasteiger partial charge in [-0.15, -0.1) is 0 Å². The van der Waals surface area contributed by atoms with Gasteiger partial charge in [-0.2, -0.15) is 0 Å². The summed E-state index contributed by atoms with van der Waals surface area (Å²) in [7, 11) is 0. The molecule has 0 atom stereocenters. The first kappa shape index (κ1) is 15.5. The van der Waals surface area contributed by atoms with Crippen molar-refractivity contribution in [2.24, 2.45) is 5.16 Å². The minimum Gasteiger partial charge on any atom is -0.493 e. The number of hydrogen-bond acceptors (Lipinski definition) is 5. The second-order valence-electron chi connectivity index (χ2n) is 4.40.